The van der Waals surface area contributed by atoms with Gasteiger partial charge in [-0.2, -0.15) is 0 Å². The molecule has 2 aliphatic rings. The maximum atomic E-state index is 13.5. The molecule has 3 heterocycles. The minimum absolute atomic E-state index is 0.0236. The van der Waals surface area contributed by atoms with Crippen molar-refractivity contribution in [1.82, 2.24) is 9.80 Å². The Labute approximate surface area is 177 Å². The number of ether oxygens (including phenoxy) is 1. The van der Waals surface area contributed by atoms with Crippen LogP contribution in [0.3, 0.4) is 0 Å². The number of rotatable bonds is 4. The third-order valence-corrected chi connectivity index (χ3v) is 6.40. The van der Waals surface area contributed by atoms with Crippen molar-refractivity contribution in [2.45, 2.75) is 44.6 Å². The molecule has 1 atom stereocenters. The fraction of sp³-hybridized carbons (Fsp3) is 0.500. The van der Waals surface area contributed by atoms with Gasteiger partial charge in [0.2, 0.25) is 5.91 Å². The number of nitrogens with zero attached hydrogens (tertiary/aromatic N) is 2. The molecule has 2 saturated heterocycles. The zero-order valence-corrected chi connectivity index (χ0v) is 17.6. The third-order valence-electron chi connectivity index (χ3n) is 6.40. The maximum Gasteiger partial charge on any atom is 0.289 e. The van der Waals surface area contributed by atoms with E-state index < -0.39 is 0 Å². The van der Waals surface area contributed by atoms with Crippen molar-refractivity contribution in [2.24, 2.45) is 5.92 Å². The number of hydrogen-bond acceptors (Lipinski definition) is 4. The van der Waals surface area contributed by atoms with Crippen LogP contribution in [0, 0.1) is 5.92 Å². The molecule has 6 heteroatoms. The van der Waals surface area contributed by atoms with Crippen LogP contribution in [0.2, 0.25) is 0 Å². The average Bonchev–Trinajstić information content (AvgIpc) is 3.23. The van der Waals surface area contributed by atoms with E-state index in [0.717, 1.165) is 38.0 Å². The van der Waals surface area contributed by atoms with Gasteiger partial charge in [0.05, 0.1) is 19.4 Å². The zero-order valence-electron chi connectivity index (χ0n) is 17.6. The largest absolute Gasteiger partial charge is 0.497 e. The highest BCUT2D eigenvalue weighted by molar-refractivity contribution is 5.91. The van der Waals surface area contributed by atoms with Crippen LogP contribution >= 0.6 is 0 Å². The molecule has 4 rings (SSSR count). The summed E-state index contributed by atoms with van der Waals surface area (Å²) in [5.41, 5.74) is 1.18. The summed E-state index contributed by atoms with van der Waals surface area (Å²) in [6.07, 6.45) is 7.27. The van der Waals surface area contributed by atoms with Gasteiger partial charge >= 0.3 is 0 Å². The summed E-state index contributed by atoms with van der Waals surface area (Å²) in [5, 5.41) is 0. The molecule has 2 amide bonds. The van der Waals surface area contributed by atoms with Crippen LogP contribution < -0.4 is 4.74 Å². The van der Waals surface area contributed by atoms with Gasteiger partial charge in [0.15, 0.2) is 5.76 Å². The maximum absolute atomic E-state index is 13.5. The number of benzene rings is 1. The van der Waals surface area contributed by atoms with Crippen molar-refractivity contribution in [1.29, 1.82) is 0 Å². The highest BCUT2D eigenvalue weighted by Crippen LogP contribution is 2.34. The normalized spacial score (nSPS) is 20.6. The number of carbonyl (C=O) groups is 2. The second-order valence-corrected chi connectivity index (χ2v) is 8.21. The Morgan fingerprint density at radius 1 is 0.967 bits per heavy atom. The molecule has 0 saturated carbocycles. The van der Waals surface area contributed by atoms with E-state index in [9.17, 15) is 9.59 Å². The van der Waals surface area contributed by atoms with Crippen molar-refractivity contribution >= 4 is 11.8 Å². The van der Waals surface area contributed by atoms with Gasteiger partial charge < -0.3 is 19.0 Å². The van der Waals surface area contributed by atoms with Crippen molar-refractivity contribution in [3.8, 4) is 5.75 Å². The monoisotopic (exact) mass is 410 g/mol. The molecule has 0 bridgehead atoms. The Morgan fingerprint density at radius 3 is 2.40 bits per heavy atom. The predicted molar refractivity (Wildman–Crippen MR) is 113 cm³/mol. The Balaban J connectivity index is 1.43. The number of carbonyl (C=O) groups excluding carboxylic acids is 2. The standard InChI is InChI=1S/C24H30N2O4/c1-29-20-10-8-18(9-11-20)21-6-3-2-4-14-26(21)23(27)19-12-15-25(16-13-19)24(28)22-7-5-17-30-22/h5,7-11,17,19,21H,2-4,6,12-16H2,1H3/t21-/m1/s1. The van der Waals surface area contributed by atoms with E-state index in [2.05, 4.69) is 17.0 Å². The summed E-state index contributed by atoms with van der Waals surface area (Å²) in [4.78, 5) is 29.9. The molecule has 30 heavy (non-hydrogen) atoms. The van der Waals surface area contributed by atoms with E-state index in [0.29, 0.717) is 31.7 Å². The van der Waals surface area contributed by atoms with E-state index in [4.69, 9.17) is 9.15 Å². The topological polar surface area (TPSA) is 63.0 Å². The molecule has 160 valence electrons. The first-order chi connectivity index (χ1) is 14.7. The molecule has 2 fully saturated rings. The van der Waals surface area contributed by atoms with Crippen molar-refractivity contribution in [3.63, 3.8) is 0 Å². The van der Waals surface area contributed by atoms with Crippen LogP contribution in [0.4, 0.5) is 0 Å². The van der Waals surface area contributed by atoms with Gasteiger partial charge in [-0.3, -0.25) is 9.59 Å². The molecule has 0 spiro atoms. The van der Waals surface area contributed by atoms with E-state index in [1.807, 2.05) is 12.1 Å². The summed E-state index contributed by atoms with van der Waals surface area (Å²) in [6, 6.07) is 11.6. The van der Waals surface area contributed by atoms with Crippen LogP contribution in [-0.2, 0) is 4.79 Å². The van der Waals surface area contributed by atoms with Crippen molar-refractivity contribution < 1.29 is 18.7 Å². The van der Waals surface area contributed by atoms with Crippen LogP contribution in [-0.4, -0.2) is 48.4 Å². The molecule has 0 radical (unpaired) electrons. The van der Waals surface area contributed by atoms with Crippen LogP contribution in [0.1, 0.15) is 60.7 Å². The van der Waals surface area contributed by atoms with Gasteiger partial charge in [-0.25, -0.2) is 0 Å². The van der Waals surface area contributed by atoms with Gasteiger partial charge in [-0.15, -0.1) is 0 Å². The molecular weight excluding hydrogens is 380 g/mol. The van der Waals surface area contributed by atoms with E-state index in [-0.39, 0.29) is 23.8 Å². The van der Waals surface area contributed by atoms with Gasteiger partial charge in [-0.05, 0) is 55.5 Å². The molecule has 0 N–H and O–H groups in total. The number of hydrogen-bond donors (Lipinski definition) is 0. The highest BCUT2D eigenvalue weighted by Gasteiger charge is 2.34. The smallest absolute Gasteiger partial charge is 0.289 e. The first kappa shape index (κ1) is 20.5. The number of likely N-dealkylation sites (tertiary alicyclic amines) is 2. The van der Waals surface area contributed by atoms with Gasteiger partial charge in [0.1, 0.15) is 5.75 Å². The summed E-state index contributed by atoms with van der Waals surface area (Å²) in [7, 11) is 1.67. The molecule has 2 aromatic rings. The lowest BCUT2D eigenvalue weighted by Crippen LogP contribution is -2.45. The lowest BCUT2D eigenvalue weighted by Gasteiger charge is -2.37. The van der Waals surface area contributed by atoms with Crippen LogP contribution in [0.25, 0.3) is 0 Å². The first-order valence-corrected chi connectivity index (χ1v) is 10.9. The zero-order chi connectivity index (χ0) is 20.9. The minimum Gasteiger partial charge on any atom is -0.497 e. The molecule has 1 aromatic heterocycles. The van der Waals surface area contributed by atoms with Gasteiger partial charge in [0.25, 0.3) is 5.91 Å². The predicted octanol–water partition coefficient (Wildman–Crippen LogP) is 4.28. The Morgan fingerprint density at radius 2 is 1.73 bits per heavy atom. The first-order valence-electron chi connectivity index (χ1n) is 10.9. The summed E-state index contributed by atoms with van der Waals surface area (Å²) >= 11 is 0. The average molecular weight is 411 g/mol. The lowest BCUT2D eigenvalue weighted by atomic mass is 9.93. The molecule has 0 unspecified atom stereocenters. The molecule has 1 aromatic carbocycles. The van der Waals surface area contributed by atoms with E-state index >= 15 is 0 Å². The molecule has 0 aliphatic carbocycles. The SMILES string of the molecule is COc1ccc([C@H]2CCCCCN2C(=O)C2CCN(C(=O)c3ccco3)CC2)cc1. The van der Waals surface area contributed by atoms with E-state index in [1.54, 1.807) is 24.1 Å². The minimum atomic E-state index is -0.0863. The Kier molecular flexibility index (Phi) is 6.41. The highest BCUT2D eigenvalue weighted by atomic mass is 16.5. The quantitative estimate of drug-likeness (QED) is 0.755. The number of methoxy groups -OCH3 is 1. The molecule has 6 nitrogen and oxygen atoms in total. The van der Waals surface area contributed by atoms with E-state index in [1.165, 1.54) is 11.8 Å². The summed E-state index contributed by atoms with van der Waals surface area (Å²) in [5.74, 6) is 1.33. The number of amides is 2. The molecular formula is C24H30N2O4. The fourth-order valence-electron chi connectivity index (χ4n) is 4.66. The fourth-order valence-corrected chi connectivity index (χ4v) is 4.66. The van der Waals surface area contributed by atoms with Gasteiger partial charge in [-0.1, -0.05) is 25.0 Å². The third kappa shape index (κ3) is 4.37. The second kappa shape index (κ2) is 9.37. The van der Waals surface area contributed by atoms with Crippen molar-refractivity contribution in [3.05, 3.63) is 54.0 Å². The van der Waals surface area contributed by atoms with Crippen LogP contribution in [0.15, 0.2) is 47.1 Å². The second-order valence-electron chi connectivity index (χ2n) is 8.21. The van der Waals surface area contributed by atoms with Crippen molar-refractivity contribution in [2.75, 3.05) is 26.7 Å². The lowest BCUT2D eigenvalue weighted by molar-refractivity contribution is -0.139. The Bertz CT molecular complexity index is 839. The summed E-state index contributed by atoms with van der Waals surface area (Å²) in [6.45, 7) is 2.00. The number of piperidine rings is 1. The van der Waals surface area contributed by atoms with Gasteiger partial charge in [0, 0.05) is 25.6 Å². The summed E-state index contributed by atoms with van der Waals surface area (Å²) < 4.78 is 10.5. The van der Waals surface area contributed by atoms with Crippen LogP contribution in [0.5, 0.6) is 5.75 Å². The molecule has 2 aliphatic heterocycles. The number of furan rings is 1. The Hall–Kier alpha value is -2.76.